The summed E-state index contributed by atoms with van der Waals surface area (Å²) in [5, 5.41) is 19.8. The highest BCUT2D eigenvalue weighted by Crippen LogP contribution is 2.38. The lowest BCUT2D eigenvalue weighted by atomic mass is 10.3. The molecule has 0 bridgehead atoms. The molecule has 2 rings (SSSR count). The van der Waals surface area contributed by atoms with Gasteiger partial charge < -0.3 is 9.47 Å². The molecule has 0 saturated heterocycles. The molecule has 0 aliphatic carbocycles. The number of hydrogen-bond acceptors (Lipinski definition) is 8. The number of hydrogen-bond donors (Lipinski definition) is 0. The highest BCUT2D eigenvalue weighted by atomic mass is 35.5. The van der Waals surface area contributed by atoms with E-state index in [0.717, 1.165) is 24.3 Å². The molecule has 0 unspecified atom stereocenters. The van der Waals surface area contributed by atoms with E-state index < -0.39 is 64.7 Å². The molecule has 0 fully saturated rings. The van der Waals surface area contributed by atoms with Crippen LogP contribution in [0.5, 0.6) is 11.5 Å². The summed E-state index contributed by atoms with van der Waals surface area (Å²) in [5.41, 5.74) is -0.941. The molecule has 0 aliphatic heterocycles. The van der Waals surface area contributed by atoms with Gasteiger partial charge in [0.1, 0.15) is 0 Å². The van der Waals surface area contributed by atoms with E-state index in [2.05, 4.69) is 0 Å². The number of nitro groups is 2. The highest BCUT2D eigenvalue weighted by Gasteiger charge is 2.26. The second kappa shape index (κ2) is 8.57. The molecule has 0 heterocycles. The van der Waals surface area contributed by atoms with E-state index in [9.17, 15) is 29.8 Å². The largest absolute Gasteiger partial charge is 0.423 e. The minimum Gasteiger partial charge on any atom is -0.415 e. The maximum Gasteiger partial charge on any atom is 0.423 e. The van der Waals surface area contributed by atoms with Crippen molar-refractivity contribution in [1.29, 1.82) is 0 Å². The van der Waals surface area contributed by atoms with Crippen LogP contribution in [0.15, 0.2) is 24.3 Å². The smallest absolute Gasteiger partial charge is 0.415 e. The second-order valence-electron chi connectivity index (χ2n) is 4.77. The minimum atomic E-state index is -1.61. The quantitative estimate of drug-likeness (QED) is 0.207. The summed E-state index contributed by atoms with van der Waals surface area (Å²) in [4.78, 5) is 43.7. The first-order chi connectivity index (χ1) is 13.0. The topological polar surface area (TPSA) is 139 Å². The average molecular weight is 470 g/mol. The van der Waals surface area contributed by atoms with Gasteiger partial charge >= 0.3 is 11.9 Å². The van der Waals surface area contributed by atoms with E-state index >= 15 is 0 Å². The second-order valence-corrected chi connectivity index (χ2v) is 6.40. The Hall–Kier alpha value is -2.66. The van der Waals surface area contributed by atoms with Crippen LogP contribution in [0.3, 0.4) is 0 Å². The van der Waals surface area contributed by atoms with Crippen molar-refractivity contribution in [3.05, 3.63) is 64.6 Å². The van der Waals surface area contributed by atoms with Crippen LogP contribution in [0.1, 0.15) is 0 Å². The Morgan fingerprint density at radius 3 is 1.14 bits per heavy atom. The lowest BCUT2D eigenvalue weighted by molar-refractivity contribution is -0.385. The number of halogens is 4. The maximum absolute atomic E-state index is 11.9. The van der Waals surface area contributed by atoms with Gasteiger partial charge in [-0.3, -0.25) is 20.2 Å². The van der Waals surface area contributed by atoms with Gasteiger partial charge in [-0.2, -0.15) is 0 Å². The average Bonchev–Trinajstić information content (AvgIpc) is 2.60. The molecule has 0 atom stereocenters. The van der Waals surface area contributed by atoms with Crippen LogP contribution in [0.2, 0.25) is 20.1 Å². The van der Waals surface area contributed by atoms with E-state index in [1.54, 1.807) is 0 Å². The van der Waals surface area contributed by atoms with Crippen molar-refractivity contribution in [3.8, 4) is 11.5 Å². The molecular weight excluding hydrogens is 466 g/mol. The molecule has 2 aromatic carbocycles. The molecule has 2 aromatic rings. The molecule has 0 aromatic heterocycles. The highest BCUT2D eigenvalue weighted by molar-refractivity contribution is 6.40. The molecule has 0 amide bonds. The van der Waals surface area contributed by atoms with Gasteiger partial charge in [0.05, 0.1) is 29.9 Å². The summed E-state index contributed by atoms with van der Waals surface area (Å²) in [6, 6.07) is 3.41. The van der Waals surface area contributed by atoms with Crippen molar-refractivity contribution in [3.63, 3.8) is 0 Å². The number of carbonyl (C=O) groups is 2. The predicted octanol–water partition coefficient (Wildman–Crippen LogP) is 4.63. The summed E-state index contributed by atoms with van der Waals surface area (Å²) in [7, 11) is 0. The van der Waals surface area contributed by atoms with Gasteiger partial charge in [-0.05, 0) is 0 Å². The summed E-state index contributed by atoms with van der Waals surface area (Å²) >= 11 is 23.0. The standard InChI is InChI=1S/C14H4Cl4N2O8/c15-7-1-5(19(23)24)2-8(16)11(7)27-13(21)14(22)28-12-9(17)3-6(20(25)26)4-10(12)18/h1-4H. The Morgan fingerprint density at radius 1 is 0.679 bits per heavy atom. The van der Waals surface area contributed by atoms with E-state index in [1.165, 1.54) is 0 Å². The van der Waals surface area contributed by atoms with Crippen LogP contribution in [-0.4, -0.2) is 21.8 Å². The molecule has 0 radical (unpaired) electrons. The Balaban J connectivity index is 2.22. The number of non-ortho nitro benzene ring substituents is 2. The monoisotopic (exact) mass is 468 g/mol. The van der Waals surface area contributed by atoms with Crippen LogP contribution in [0.25, 0.3) is 0 Å². The maximum atomic E-state index is 11.9. The first kappa shape index (κ1) is 21.6. The van der Waals surface area contributed by atoms with Crippen molar-refractivity contribution in [2.24, 2.45) is 0 Å². The van der Waals surface area contributed by atoms with Gasteiger partial charge in [0.15, 0.2) is 11.5 Å². The number of nitrogens with zero attached hydrogens (tertiary/aromatic N) is 2. The van der Waals surface area contributed by atoms with E-state index in [-0.39, 0.29) is 0 Å². The molecule has 146 valence electrons. The van der Waals surface area contributed by atoms with E-state index in [0.29, 0.717) is 0 Å². The normalized spacial score (nSPS) is 10.3. The van der Waals surface area contributed by atoms with Crippen LogP contribution in [0, 0.1) is 20.2 Å². The molecule has 0 spiro atoms. The number of esters is 2. The SMILES string of the molecule is O=C(Oc1c(Cl)cc([N+](=O)[O-])cc1Cl)C(=O)Oc1c(Cl)cc([N+](=O)[O-])cc1Cl. The van der Waals surface area contributed by atoms with Crippen LogP contribution >= 0.6 is 46.4 Å². The van der Waals surface area contributed by atoms with E-state index in [4.69, 9.17) is 55.9 Å². The van der Waals surface area contributed by atoms with Gasteiger partial charge in [-0.25, -0.2) is 9.59 Å². The molecule has 0 saturated carbocycles. The minimum absolute atomic E-state index is 0.410. The van der Waals surface area contributed by atoms with Gasteiger partial charge in [0, 0.05) is 24.3 Å². The first-order valence-corrected chi connectivity index (χ1v) is 8.23. The number of rotatable bonds is 4. The first-order valence-electron chi connectivity index (χ1n) is 6.72. The zero-order valence-corrected chi connectivity index (χ0v) is 16.0. The third-order valence-electron chi connectivity index (χ3n) is 2.94. The lowest BCUT2D eigenvalue weighted by Crippen LogP contribution is -2.26. The zero-order chi connectivity index (χ0) is 21.2. The molecule has 0 aliphatic rings. The molecule has 10 nitrogen and oxygen atoms in total. The van der Waals surface area contributed by atoms with Gasteiger partial charge in [0.2, 0.25) is 0 Å². The molecule has 0 N–H and O–H groups in total. The third-order valence-corrected chi connectivity index (χ3v) is 4.07. The Kier molecular flexibility index (Phi) is 6.62. The van der Waals surface area contributed by atoms with Gasteiger partial charge in [-0.1, -0.05) is 46.4 Å². The third kappa shape index (κ3) is 4.78. The molecular formula is C14H4Cl4N2O8. The van der Waals surface area contributed by atoms with Crippen molar-refractivity contribution in [2.75, 3.05) is 0 Å². The van der Waals surface area contributed by atoms with Crippen molar-refractivity contribution in [2.45, 2.75) is 0 Å². The summed E-state index contributed by atoms with van der Waals surface area (Å²) in [6.07, 6.45) is 0. The van der Waals surface area contributed by atoms with E-state index in [1.807, 2.05) is 0 Å². The van der Waals surface area contributed by atoms with Gasteiger partial charge in [-0.15, -0.1) is 0 Å². The fourth-order valence-electron chi connectivity index (χ4n) is 1.77. The number of ether oxygens (including phenoxy) is 2. The van der Waals surface area contributed by atoms with Crippen LogP contribution < -0.4 is 9.47 Å². The summed E-state index contributed by atoms with van der Waals surface area (Å²) < 4.78 is 9.38. The van der Waals surface area contributed by atoms with Crippen LogP contribution in [-0.2, 0) is 9.59 Å². The Bertz CT molecular complexity index is 899. The van der Waals surface area contributed by atoms with Crippen molar-refractivity contribution >= 4 is 69.7 Å². The zero-order valence-electron chi connectivity index (χ0n) is 13.0. The Labute approximate surface area is 174 Å². The number of nitro benzene ring substituents is 2. The number of benzene rings is 2. The molecule has 28 heavy (non-hydrogen) atoms. The Morgan fingerprint density at radius 2 is 0.929 bits per heavy atom. The van der Waals surface area contributed by atoms with Crippen molar-refractivity contribution in [1.82, 2.24) is 0 Å². The van der Waals surface area contributed by atoms with Crippen LogP contribution in [0.4, 0.5) is 11.4 Å². The summed E-state index contributed by atoms with van der Waals surface area (Å²) in [5.74, 6) is -4.25. The number of carbonyl (C=O) groups excluding carboxylic acids is 2. The predicted molar refractivity (Wildman–Crippen MR) is 97.5 cm³/mol. The van der Waals surface area contributed by atoms with Gasteiger partial charge in [0.25, 0.3) is 11.4 Å². The van der Waals surface area contributed by atoms with Crippen molar-refractivity contribution < 1.29 is 28.9 Å². The molecule has 14 heteroatoms. The fourth-order valence-corrected chi connectivity index (χ4v) is 2.87. The summed E-state index contributed by atoms with van der Waals surface area (Å²) in [6.45, 7) is 0. The lowest BCUT2D eigenvalue weighted by Gasteiger charge is -2.09. The fraction of sp³-hybridized carbons (Fsp3) is 0.